The van der Waals surface area contributed by atoms with Gasteiger partial charge in [0.15, 0.2) is 5.11 Å². The third kappa shape index (κ3) is 3.49. The molecule has 0 aliphatic carbocycles. The third-order valence-electron chi connectivity index (χ3n) is 1.85. The van der Waals surface area contributed by atoms with E-state index in [0.29, 0.717) is 0 Å². The molecule has 3 N–H and O–H groups in total. The third-order valence-corrected chi connectivity index (χ3v) is 2.53. The molecule has 1 rings (SSSR count). The Balaban J connectivity index is 2.87. The van der Waals surface area contributed by atoms with Gasteiger partial charge in [-0.3, -0.25) is 5.43 Å². The van der Waals surface area contributed by atoms with Crippen molar-refractivity contribution in [3.63, 3.8) is 0 Å². The number of nitrogens with two attached hydrogens (primary N) is 1. The molecule has 0 aromatic heterocycles. The van der Waals surface area contributed by atoms with Crippen LogP contribution in [0.3, 0.4) is 0 Å². The molecule has 0 atom stereocenters. The van der Waals surface area contributed by atoms with Gasteiger partial charge in [-0.25, -0.2) is 0 Å². The molecule has 0 saturated heterocycles. The maximum atomic E-state index is 6.03. The monoisotopic (exact) mass is 241 g/mol. The van der Waals surface area contributed by atoms with Crippen molar-refractivity contribution in [2.24, 2.45) is 10.8 Å². The van der Waals surface area contributed by atoms with E-state index in [4.69, 9.17) is 17.3 Å². The zero-order valence-corrected chi connectivity index (χ0v) is 10.1. The van der Waals surface area contributed by atoms with Crippen LogP contribution in [0.2, 0.25) is 5.02 Å². The minimum absolute atomic E-state index is 0.147. The molecule has 0 saturated carbocycles. The number of hydrogen-bond donors (Lipinski definition) is 2. The minimum atomic E-state index is 0.147. The first-order chi connectivity index (χ1) is 7.00. The molecule has 3 nitrogen and oxygen atoms in total. The van der Waals surface area contributed by atoms with Crippen LogP contribution in [-0.2, 0) is 0 Å². The number of nitrogens with zero attached hydrogens (tertiary/aromatic N) is 1. The smallest absolute Gasteiger partial charge is 0.184 e. The van der Waals surface area contributed by atoms with E-state index in [1.807, 2.05) is 26.0 Å². The van der Waals surface area contributed by atoms with E-state index < -0.39 is 0 Å². The Bertz CT molecular complexity index is 392. The normalized spacial score (nSPS) is 10.6. The van der Waals surface area contributed by atoms with Crippen LogP contribution in [0, 0.1) is 13.8 Å². The fourth-order valence-corrected chi connectivity index (χ4v) is 1.39. The number of nitrogens with one attached hydrogen (secondary N) is 1. The summed E-state index contributed by atoms with van der Waals surface area (Å²) in [6.07, 6.45) is 1.65. The highest BCUT2D eigenvalue weighted by Crippen LogP contribution is 2.20. The highest BCUT2D eigenvalue weighted by atomic mass is 35.5. The highest BCUT2D eigenvalue weighted by molar-refractivity contribution is 7.80. The number of aryl methyl sites for hydroxylation is 2. The molecule has 0 fully saturated rings. The Kier molecular flexibility index (Phi) is 4.05. The van der Waals surface area contributed by atoms with Crippen LogP contribution in [0.1, 0.15) is 16.7 Å². The van der Waals surface area contributed by atoms with E-state index in [1.165, 1.54) is 0 Å². The number of benzene rings is 1. The summed E-state index contributed by atoms with van der Waals surface area (Å²) in [5.41, 5.74) is 10.7. The van der Waals surface area contributed by atoms with Gasteiger partial charge in [0.2, 0.25) is 0 Å². The SMILES string of the molecule is Cc1cc(C=NNC(N)=S)cc(C)c1Cl. The van der Waals surface area contributed by atoms with Crippen molar-refractivity contribution < 1.29 is 0 Å². The first-order valence-electron chi connectivity index (χ1n) is 4.36. The van der Waals surface area contributed by atoms with E-state index in [2.05, 4.69) is 22.7 Å². The van der Waals surface area contributed by atoms with Gasteiger partial charge in [0.25, 0.3) is 0 Å². The van der Waals surface area contributed by atoms with Gasteiger partial charge in [-0.1, -0.05) is 11.6 Å². The number of hydrazone groups is 1. The molecule has 0 unspecified atom stereocenters. The Labute approximate surface area is 99.3 Å². The maximum Gasteiger partial charge on any atom is 0.184 e. The van der Waals surface area contributed by atoms with Crippen LogP contribution >= 0.6 is 23.8 Å². The summed E-state index contributed by atoms with van der Waals surface area (Å²) in [6, 6.07) is 3.89. The molecule has 80 valence electrons. The van der Waals surface area contributed by atoms with Crippen molar-refractivity contribution in [3.8, 4) is 0 Å². The minimum Gasteiger partial charge on any atom is -0.375 e. The number of hydrogen-bond acceptors (Lipinski definition) is 2. The van der Waals surface area contributed by atoms with E-state index in [0.717, 1.165) is 21.7 Å². The zero-order valence-electron chi connectivity index (χ0n) is 8.54. The standard InChI is InChI=1S/C10H12ClN3S/c1-6-3-8(4-7(2)9(6)11)5-13-14-10(12)15/h3-5H,1-2H3,(H3,12,14,15). The van der Waals surface area contributed by atoms with Gasteiger partial charge in [-0.05, 0) is 54.9 Å². The molecule has 1 aromatic carbocycles. The second-order valence-corrected chi connectivity index (χ2v) is 4.02. The average molecular weight is 242 g/mol. The Hall–Kier alpha value is -1.13. The molecule has 0 amide bonds. The second-order valence-electron chi connectivity index (χ2n) is 3.20. The molecule has 0 aliphatic heterocycles. The predicted octanol–water partition coefficient (Wildman–Crippen LogP) is 2.12. The molecule has 1 aromatic rings. The first-order valence-corrected chi connectivity index (χ1v) is 5.14. The van der Waals surface area contributed by atoms with Crippen LogP contribution in [0.5, 0.6) is 0 Å². The highest BCUT2D eigenvalue weighted by Gasteiger charge is 2.00. The topological polar surface area (TPSA) is 50.4 Å². The van der Waals surface area contributed by atoms with Crippen molar-refractivity contribution in [2.75, 3.05) is 0 Å². The summed E-state index contributed by atoms with van der Waals surface area (Å²) in [7, 11) is 0. The van der Waals surface area contributed by atoms with E-state index in [-0.39, 0.29) is 5.11 Å². The summed E-state index contributed by atoms with van der Waals surface area (Å²) in [5.74, 6) is 0. The molecule has 0 aliphatic rings. The van der Waals surface area contributed by atoms with Crippen LogP contribution in [-0.4, -0.2) is 11.3 Å². The molecule has 0 spiro atoms. The van der Waals surface area contributed by atoms with Gasteiger partial charge in [-0.15, -0.1) is 0 Å². The maximum absolute atomic E-state index is 6.03. The Morgan fingerprint density at radius 1 is 1.47 bits per heavy atom. The average Bonchev–Trinajstić information content (AvgIpc) is 2.13. The van der Waals surface area contributed by atoms with Gasteiger partial charge in [0.1, 0.15) is 0 Å². The van der Waals surface area contributed by atoms with Crippen LogP contribution < -0.4 is 11.2 Å². The summed E-state index contributed by atoms with van der Waals surface area (Å²) in [6.45, 7) is 3.90. The lowest BCUT2D eigenvalue weighted by Gasteiger charge is -2.03. The van der Waals surface area contributed by atoms with Crippen LogP contribution in [0.4, 0.5) is 0 Å². The summed E-state index contributed by atoms with van der Waals surface area (Å²) in [4.78, 5) is 0. The van der Waals surface area contributed by atoms with Crippen molar-refractivity contribution in [1.82, 2.24) is 5.43 Å². The predicted molar refractivity (Wildman–Crippen MR) is 68.4 cm³/mol. The lowest BCUT2D eigenvalue weighted by molar-refractivity contribution is 1.04. The van der Waals surface area contributed by atoms with E-state index >= 15 is 0 Å². The summed E-state index contributed by atoms with van der Waals surface area (Å²) < 4.78 is 0. The lowest BCUT2D eigenvalue weighted by atomic mass is 10.1. The van der Waals surface area contributed by atoms with Crippen molar-refractivity contribution in [3.05, 3.63) is 33.8 Å². The summed E-state index contributed by atoms with van der Waals surface area (Å²) >= 11 is 10.6. The largest absolute Gasteiger partial charge is 0.375 e. The Morgan fingerprint density at radius 2 is 2.00 bits per heavy atom. The van der Waals surface area contributed by atoms with E-state index in [9.17, 15) is 0 Å². The second kappa shape index (κ2) is 5.09. The molecule has 15 heavy (non-hydrogen) atoms. The van der Waals surface area contributed by atoms with Crippen LogP contribution in [0.15, 0.2) is 17.2 Å². The van der Waals surface area contributed by atoms with Crippen molar-refractivity contribution in [1.29, 1.82) is 0 Å². The van der Waals surface area contributed by atoms with Gasteiger partial charge >= 0.3 is 0 Å². The van der Waals surface area contributed by atoms with Crippen molar-refractivity contribution in [2.45, 2.75) is 13.8 Å². The Morgan fingerprint density at radius 3 is 2.47 bits per heavy atom. The molecule has 0 bridgehead atoms. The fraction of sp³-hybridized carbons (Fsp3) is 0.200. The van der Waals surface area contributed by atoms with E-state index in [1.54, 1.807) is 6.21 Å². The van der Waals surface area contributed by atoms with Gasteiger partial charge in [0.05, 0.1) is 6.21 Å². The van der Waals surface area contributed by atoms with Crippen LogP contribution in [0.25, 0.3) is 0 Å². The molecular formula is C10H12ClN3S. The summed E-state index contributed by atoms with van der Waals surface area (Å²) in [5, 5.41) is 4.80. The molecular weight excluding hydrogens is 230 g/mol. The quantitative estimate of drug-likeness (QED) is 0.474. The number of rotatable bonds is 2. The first kappa shape index (κ1) is 11.9. The zero-order chi connectivity index (χ0) is 11.4. The lowest BCUT2D eigenvalue weighted by Crippen LogP contribution is -2.23. The molecule has 0 radical (unpaired) electrons. The number of thiocarbonyl (C=S) groups is 1. The fourth-order valence-electron chi connectivity index (χ4n) is 1.22. The van der Waals surface area contributed by atoms with Gasteiger partial charge in [0, 0.05) is 5.02 Å². The van der Waals surface area contributed by atoms with Crippen molar-refractivity contribution >= 4 is 35.1 Å². The molecule has 0 heterocycles. The molecule has 5 heteroatoms. The van der Waals surface area contributed by atoms with Gasteiger partial charge in [-0.2, -0.15) is 5.10 Å². The number of halogens is 1. The van der Waals surface area contributed by atoms with Gasteiger partial charge < -0.3 is 5.73 Å².